The monoisotopic (exact) mass is 242 g/mol. The Morgan fingerprint density at radius 1 is 1.62 bits per heavy atom. The van der Waals surface area contributed by atoms with Crippen LogP contribution >= 0.6 is 15.9 Å². The summed E-state index contributed by atoms with van der Waals surface area (Å²) < 4.78 is 1.05. The summed E-state index contributed by atoms with van der Waals surface area (Å²) in [5.41, 5.74) is 1.41. The molecule has 0 unspecified atom stereocenters. The van der Waals surface area contributed by atoms with Crippen molar-refractivity contribution in [1.82, 2.24) is 4.98 Å². The maximum atomic E-state index is 5.11. The Bertz CT molecular complexity index is 312. The molecule has 13 heavy (non-hydrogen) atoms. The van der Waals surface area contributed by atoms with Gasteiger partial charge in [-0.2, -0.15) is 0 Å². The van der Waals surface area contributed by atoms with E-state index in [1.165, 1.54) is 5.56 Å². The van der Waals surface area contributed by atoms with Gasteiger partial charge in [0.15, 0.2) is 0 Å². The van der Waals surface area contributed by atoms with Gasteiger partial charge in [-0.25, -0.2) is 5.90 Å². The maximum absolute atomic E-state index is 5.11. The zero-order valence-electron chi connectivity index (χ0n) is 7.16. The molecule has 1 aromatic heterocycles. The molecule has 1 aromatic rings. The zero-order valence-corrected chi connectivity index (χ0v) is 8.75. The van der Waals surface area contributed by atoms with E-state index in [1.54, 1.807) is 6.20 Å². The van der Waals surface area contributed by atoms with Crippen LogP contribution in [0.3, 0.4) is 0 Å². The third-order valence-corrected chi connectivity index (χ3v) is 3.19. The van der Waals surface area contributed by atoms with E-state index in [0.717, 1.165) is 17.3 Å². The van der Waals surface area contributed by atoms with E-state index < -0.39 is 0 Å². The first-order valence-electron chi connectivity index (χ1n) is 4.20. The van der Waals surface area contributed by atoms with Gasteiger partial charge >= 0.3 is 0 Å². The molecule has 70 valence electrons. The van der Waals surface area contributed by atoms with Gasteiger partial charge in [-0.05, 0) is 40.4 Å². The van der Waals surface area contributed by atoms with Crippen molar-refractivity contribution in [1.29, 1.82) is 0 Å². The minimum Gasteiger partial charge on any atom is -0.304 e. The first kappa shape index (κ1) is 9.12. The molecule has 0 aromatic carbocycles. The number of pyridine rings is 1. The molecule has 1 aliphatic carbocycles. The highest BCUT2D eigenvalue weighted by molar-refractivity contribution is 9.10. The van der Waals surface area contributed by atoms with Crippen molar-refractivity contribution in [3.8, 4) is 0 Å². The second kappa shape index (κ2) is 3.36. The second-order valence-electron chi connectivity index (χ2n) is 3.45. The smallest absolute Gasteiger partial charge is 0.0776 e. The Morgan fingerprint density at radius 2 is 2.38 bits per heavy atom. The Morgan fingerprint density at radius 3 is 2.92 bits per heavy atom. The second-order valence-corrected chi connectivity index (χ2v) is 4.30. The van der Waals surface area contributed by atoms with Crippen molar-refractivity contribution in [3.63, 3.8) is 0 Å². The lowest BCUT2D eigenvalue weighted by atomic mass is 9.98. The number of halogens is 1. The predicted octanol–water partition coefficient (Wildman–Crippen LogP) is 1.77. The van der Waals surface area contributed by atoms with Crippen LogP contribution in [-0.2, 0) is 10.3 Å². The van der Waals surface area contributed by atoms with Crippen LogP contribution in [0.15, 0.2) is 22.9 Å². The zero-order chi connectivity index (χ0) is 9.31. The van der Waals surface area contributed by atoms with Gasteiger partial charge in [0.25, 0.3) is 0 Å². The Labute approximate surface area is 85.4 Å². The highest BCUT2D eigenvalue weighted by Gasteiger charge is 2.45. The number of aromatic nitrogens is 1. The number of nitrogens with two attached hydrogens (primary N) is 1. The highest BCUT2D eigenvalue weighted by atomic mass is 79.9. The average Bonchev–Trinajstić information content (AvgIpc) is 2.87. The van der Waals surface area contributed by atoms with Gasteiger partial charge in [0, 0.05) is 22.3 Å². The fraction of sp³-hybridized carbons (Fsp3) is 0.444. The summed E-state index contributed by atoms with van der Waals surface area (Å²) in [6.07, 6.45) is 5.90. The Hall–Kier alpha value is -0.450. The molecular weight excluding hydrogens is 232 g/mol. The fourth-order valence-electron chi connectivity index (χ4n) is 1.61. The number of hydrogen-bond donors (Lipinski definition) is 1. The molecule has 0 amide bonds. The van der Waals surface area contributed by atoms with Crippen LogP contribution in [-0.4, -0.2) is 11.6 Å². The van der Waals surface area contributed by atoms with E-state index >= 15 is 0 Å². The Kier molecular flexibility index (Phi) is 2.36. The molecule has 4 heteroatoms. The molecule has 2 N–H and O–H groups in total. The first-order valence-corrected chi connectivity index (χ1v) is 4.99. The summed E-state index contributed by atoms with van der Waals surface area (Å²) in [4.78, 5) is 8.76. The lowest BCUT2D eigenvalue weighted by molar-refractivity contribution is 0.116. The minimum absolute atomic E-state index is 0.149. The van der Waals surface area contributed by atoms with Crippen molar-refractivity contribution in [2.75, 3.05) is 6.61 Å². The summed E-state index contributed by atoms with van der Waals surface area (Å²) >= 11 is 3.48. The normalized spacial score (nSPS) is 18.6. The summed E-state index contributed by atoms with van der Waals surface area (Å²) in [5.74, 6) is 5.11. The van der Waals surface area contributed by atoms with Crippen molar-refractivity contribution in [2.24, 2.45) is 5.90 Å². The molecule has 2 rings (SSSR count). The predicted molar refractivity (Wildman–Crippen MR) is 53.0 cm³/mol. The number of nitrogens with zero attached hydrogens (tertiary/aromatic N) is 1. The SMILES string of the molecule is NOCC1(c2ccncc2Br)CC1. The van der Waals surface area contributed by atoms with E-state index in [1.807, 2.05) is 12.3 Å². The molecule has 0 saturated heterocycles. The van der Waals surface area contributed by atoms with Gasteiger partial charge in [-0.15, -0.1) is 0 Å². The average molecular weight is 243 g/mol. The van der Waals surface area contributed by atoms with Crippen LogP contribution in [0, 0.1) is 0 Å². The van der Waals surface area contributed by atoms with Crippen molar-refractivity contribution in [2.45, 2.75) is 18.3 Å². The fourth-order valence-corrected chi connectivity index (χ4v) is 2.28. The number of hydrogen-bond acceptors (Lipinski definition) is 3. The van der Waals surface area contributed by atoms with E-state index in [9.17, 15) is 0 Å². The van der Waals surface area contributed by atoms with E-state index in [0.29, 0.717) is 6.61 Å². The van der Waals surface area contributed by atoms with Crippen LogP contribution in [0.1, 0.15) is 18.4 Å². The third kappa shape index (κ3) is 1.61. The molecule has 0 atom stereocenters. The van der Waals surface area contributed by atoms with E-state index in [4.69, 9.17) is 10.7 Å². The summed E-state index contributed by atoms with van der Waals surface area (Å²) in [6, 6.07) is 2.02. The molecule has 1 heterocycles. The molecule has 0 aliphatic heterocycles. The van der Waals surface area contributed by atoms with Crippen LogP contribution in [0.4, 0.5) is 0 Å². The molecule has 3 nitrogen and oxygen atoms in total. The molecule has 0 spiro atoms. The van der Waals surface area contributed by atoms with Crippen molar-refractivity contribution < 1.29 is 4.84 Å². The van der Waals surface area contributed by atoms with Gasteiger partial charge in [0.05, 0.1) is 6.61 Å². The summed E-state index contributed by atoms with van der Waals surface area (Å²) in [7, 11) is 0. The highest BCUT2D eigenvalue weighted by Crippen LogP contribution is 2.50. The van der Waals surface area contributed by atoms with Crippen LogP contribution < -0.4 is 5.90 Å². The molecule has 1 fully saturated rings. The standard InChI is InChI=1S/C9H11BrN2O/c10-8-5-12-4-1-7(8)9(2-3-9)6-13-11/h1,4-5H,2-3,6,11H2. The molecule has 1 saturated carbocycles. The van der Waals surface area contributed by atoms with Gasteiger partial charge < -0.3 is 4.84 Å². The van der Waals surface area contributed by atoms with Gasteiger partial charge in [-0.1, -0.05) is 0 Å². The molecule has 0 bridgehead atoms. The maximum Gasteiger partial charge on any atom is 0.0776 e. The summed E-state index contributed by atoms with van der Waals surface area (Å²) in [6.45, 7) is 0.593. The van der Waals surface area contributed by atoms with Gasteiger partial charge in [0.1, 0.15) is 0 Å². The quantitative estimate of drug-likeness (QED) is 0.823. The summed E-state index contributed by atoms with van der Waals surface area (Å²) in [5, 5.41) is 0. The third-order valence-electron chi connectivity index (χ3n) is 2.56. The topological polar surface area (TPSA) is 48.1 Å². The lowest BCUT2D eigenvalue weighted by Gasteiger charge is -2.14. The molecule has 0 radical (unpaired) electrons. The molecular formula is C9H11BrN2O. The van der Waals surface area contributed by atoms with Crippen LogP contribution in [0.25, 0.3) is 0 Å². The van der Waals surface area contributed by atoms with Crippen LogP contribution in [0.5, 0.6) is 0 Å². The van der Waals surface area contributed by atoms with E-state index in [-0.39, 0.29) is 5.41 Å². The first-order chi connectivity index (χ1) is 6.28. The Balaban J connectivity index is 2.30. The van der Waals surface area contributed by atoms with Crippen molar-refractivity contribution in [3.05, 3.63) is 28.5 Å². The van der Waals surface area contributed by atoms with E-state index in [2.05, 4.69) is 20.9 Å². The minimum atomic E-state index is 0.149. The lowest BCUT2D eigenvalue weighted by Crippen LogP contribution is -2.18. The van der Waals surface area contributed by atoms with Crippen molar-refractivity contribution >= 4 is 15.9 Å². The van der Waals surface area contributed by atoms with Crippen LogP contribution in [0.2, 0.25) is 0 Å². The molecule has 1 aliphatic rings. The van der Waals surface area contributed by atoms with Gasteiger partial charge in [0.2, 0.25) is 0 Å². The number of rotatable bonds is 3. The largest absolute Gasteiger partial charge is 0.304 e. The van der Waals surface area contributed by atoms with Gasteiger partial charge in [-0.3, -0.25) is 4.98 Å².